The van der Waals surface area contributed by atoms with Crippen LogP contribution in [0.2, 0.25) is 5.22 Å². The zero-order valence-corrected chi connectivity index (χ0v) is 12.8. The Kier molecular flexibility index (Phi) is 4.16. The van der Waals surface area contributed by atoms with Gasteiger partial charge in [0, 0.05) is 13.0 Å². The summed E-state index contributed by atoms with van der Waals surface area (Å²) in [6.07, 6.45) is 0.0277. The molecule has 0 fully saturated rings. The van der Waals surface area contributed by atoms with Crippen molar-refractivity contribution in [1.29, 1.82) is 0 Å². The fourth-order valence-electron chi connectivity index (χ4n) is 2.38. The summed E-state index contributed by atoms with van der Waals surface area (Å²) in [6, 6.07) is 9.87. The van der Waals surface area contributed by atoms with Crippen LogP contribution in [-0.2, 0) is 11.3 Å². The molecular formula is C16H13ClN2O4. The van der Waals surface area contributed by atoms with Gasteiger partial charge in [0.2, 0.25) is 5.91 Å². The van der Waals surface area contributed by atoms with Crippen LogP contribution < -0.4 is 5.32 Å². The third kappa shape index (κ3) is 3.12. The van der Waals surface area contributed by atoms with E-state index in [-0.39, 0.29) is 42.5 Å². The number of imide groups is 1. The smallest absolute Gasteiger partial charge is 0.261 e. The number of nitrogens with zero attached hydrogens (tertiary/aromatic N) is 1. The first-order valence-corrected chi connectivity index (χ1v) is 7.40. The van der Waals surface area contributed by atoms with Crippen molar-refractivity contribution < 1.29 is 18.8 Å². The van der Waals surface area contributed by atoms with Crippen LogP contribution in [0.3, 0.4) is 0 Å². The minimum atomic E-state index is -0.365. The van der Waals surface area contributed by atoms with E-state index in [1.54, 1.807) is 36.4 Å². The summed E-state index contributed by atoms with van der Waals surface area (Å²) in [6.45, 7) is 0.241. The molecule has 1 aromatic carbocycles. The topological polar surface area (TPSA) is 79.6 Å². The van der Waals surface area contributed by atoms with Gasteiger partial charge < -0.3 is 9.73 Å². The maximum atomic E-state index is 12.1. The Hall–Kier alpha value is -2.60. The van der Waals surface area contributed by atoms with Crippen molar-refractivity contribution in [3.05, 3.63) is 58.5 Å². The van der Waals surface area contributed by atoms with E-state index in [1.807, 2.05) is 0 Å². The molecule has 2 aromatic rings. The number of nitrogens with one attached hydrogen (secondary N) is 1. The largest absolute Gasteiger partial charge is 0.448 e. The molecule has 1 N–H and O–H groups in total. The van der Waals surface area contributed by atoms with E-state index in [1.165, 1.54) is 0 Å². The summed E-state index contributed by atoms with van der Waals surface area (Å²) < 4.78 is 5.12. The Morgan fingerprint density at radius 1 is 1.09 bits per heavy atom. The van der Waals surface area contributed by atoms with Crippen LogP contribution in [0.25, 0.3) is 0 Å². The second kappa shape index (κ2) is 6.26. The molecule has 1 aliphatic rings. The maximum Gasteiger partial charge on any atom is 0.261 e. The van der Waals surface area contributed by atoms with Crippen molar-refractivity contribution in [2.24, 2.45) is 0 Å². The van der Waals surface area contributed by atoms with Gasteiger partial charge in [-0.1, -0.05) is 12.1 Å². The lowest BCUT2D eigenvalue weighted by Gasteiger charge is -2.13. The van der Waals surface area contributed by atoms with E-state index in [0.717, 1.165) is 4.90 Å². The zero-order valence-electron chi connectivity index (χ0n) is 12.0. The van der Waals surface area contributed by atoms with Gasteiger partial charge in [-0.25, -0.2) is 0 Å². The molecule has 0 radical (unpaired) electrons. The third-order valence-corrected chi connectivity index (χ3v) is 3.73. The second-order valence-electron chi connectivity index (χ2n) is 5.04. The molecule has 3 amide bonds. The fraction of sp³-hybridized carbons (Fsp3) is 0.188. The van der Waals surface area contributed by atoms with Gasteiger partial charge in [-0.2, -0.15) is 0 Å². The predicted molar refractivity (Wildman–Crippen MR) is 82.0 cm³/mol. The Morgan fingerprint density at radius 2 is 1.74 bits per heavy atom. The Morgan fingerprint density at radius 3 is 2.30 bits per heavy atom. The van der Waals surface area contributed by atoms with Crippen LogP contribution in [-0.4, -0.2) is 29.2 Å². The van der Waals surface area contributed by atoms with Crippen LogP contribution in [0.5, 0.6) is 0 Å². The third-order valence-electron chi connectivity index (χ3n) is 3.53. The number of carbonyl (C=O) groups is 3. The highest BCUT2D eigenvalue weighted by Crippen LogP contribution is 2.22. The van der Waals surface area contributed by atoms with E-state index in [2.05, 4.69) is 5.32 Å². The van der Waals surface area contributed by atoms with Crippen molar-refractivity contribution in [3.8, 4) is 0 Å². The fourth-order valence-corrected chi connectivity index (χ4v) is 2.54. The number of hydrogen-bond acceptors (Lipinski definition) is 4. The van der Waals surface area contributed by atoms with Gasteiger partial charge >= 0.3 is 0 Å². The highest BCUT2D eigenvalue weighted by molar-refractivity contribution is 6.28. The van der Waals surface area contributed by atoms with Gasteiger partial charge in [0.15, 0.2) is 5.22 Å². The molecule has 3 rings (SSSR count). The minimum absolute atomic E-state index is 0.0277. The number of rotatable bonds is 5. The van der Waals surface area contributed by atoms with Crippen LogP contribution in [0.4, 0.5) is 0 Å². The lowest BCUT2D eigenvalue weighted by Crippen LogP contribution is -2.34. The molecule has 23 heavy (non-hydrogen) atoms. The molecule has 1 aromatic heterocycles. The monoisotopic (exact) mass is 332 g/mol. The SMILES string of the molecule is O=C(CCN1C(=O)c2ccccc2C1=O)NCc1ccc(Cl)o1. The molecule has 0 spiro atoms. The molecule has 1 aliphatic heterocycles. The molecule has 0 saturated heterocycles. The number of amides is 3. The highest BCUT2D eigenvalue weighted by atomic mass is 35.5. The van der Waals surface area contributed by atoms with Gasteiger partial charge in [-0.3, -0.25) is 19.3 Å². The molecule has 0 aliphatic carbocycles. The number of benzene rings is 1. The Balaban J connectivity index is 1.54. The zero-order chi connectivity index (χ0) is 16.4. The van der Waals surface area contributed by atoms with Crippen molar-refractivity contribution in [2.45, 2.75) is 13.0 Å². The van der Waals surface area contributed by atoms with Crippen molar-refractivity contribution in [2.75, 3.05) is 6.54 Å². The average molecular weight is 333 g/mol. The summed E-state index contributed by atoms with van der Waals surface area (Å²) in [5, 5.41) is 2.90. The first-order chi connectivity index (χ1) is 11.1. The molecule has 0 unspecified atom stereocenters. The van der Waals surface area contributed by atoms with E-state index in [9.17, 15) is 14.4 Å². The number of carbonyl (C=O) groups excluding carboxylic acids is 3. The number of halogens is 1. The van der Waals surface area contributed by atoms with E-state index < -0.39 is 0 Å². The summed E-state index contributed by atoms with van der Waals surface area (Å²) in [7, 11) is 0. The Labute approximate surface area is 137 Å². The summed E-state index contributed by atoms with van der Waals surface area (Å²) in [5.41, 5.74) is 0.756. The molecule has 7 heteroatoms. The van der Waals surface area contributed by atoms with Gasteiger partial charge in [0.1, 0.15) is 5.76 Å². The highest BCUT2D eigenvalue weighted by Gasteiger charge is 2.34. The van der Waals surface area contributed by atoms with Crippen molar-refractivity contribution in [3.63, 3.8) is 0 Å². The molecule has 0 bridgehead atoms. The lowest BCUT2D eigenvalue weighted by molar-refractivity contribution is -0.121. The standard InChI is InChI=1S/C16H13ClN2O4/c17-13-6-5-10(23-13)9-18-14(20)7-8-19-15(21)11-3-1-2-4-12(11)16(19)22/h1-6H,7-9H2,(H,18,20). The molecule has 6 nitrogen and oxygen atoms in total. The van der Waals surface area contributed by atoms with E-state index >= 15 is 0 Å². The van der Waals surface area contributed by atoms with Gasteiger partial charge in [0.25, 0.3) is 11.8 Å². The Bertz CT molecular complexity index is 749. The van der Waals surface area contributed by atoms with Crippen molar-refractivity contribution in [1.82, 2.24) is 10.2 Å². The average Bonchev–Trinajstić information content (AvgIpc) is 3.07. The lowest BCUT2D eigenvalue weighted by atomic mass is 10.1. The number of fused-ring (bicyclic) bond motifs is 1. The predicted octanol–water partition coefficient (Wildman–Crippen LogP) is 2.24. The quantitative estimate of drug-likeness (QED) is 0.851. The van der Waals surface area contributed by atoms with Crippen LogP contribution in [0.15, 0.2) is 40.8 Å². The molecular weight excluding hydrogens is 320 g/mol. The van der Waals surface area contributed by atoms with E-state index in [4.69, 9.17) is 16.0 Å². The van der Waals surface area contributed by atoms with Gasteiger partial charge in [-0.15, -0.1) is 0 Å². The molecule has 2 heterocycles. The van der Waals surface area contributed by atoms with Gasteiger partial charge in [-0.05, 0) is 35.9 Å². The summed E-state index contributed by atoms with van der Waals surface area (Å²) in [5.74, 6) is -0.481. The minimum Gasteiger partial charge on any atom is -0.448 e. The first-order valence-electron chi connectivity index (χ1n) is 7.02. The molecule has 118 valence electrons. The van der Waals surface area contributed by atoms with Crippen LogP contribution in [0.1, 0.15) is 32.9 Å². The van der Waals surface area contributed by atoms with Crippen LogP contribution >= 0.6 is 11.6 Å². The maximum absolute atomic E-state index is 12.1. The normalized spacial score (nSPS) is 13.3. The first kappa shape index (κ1) is 15.3. The van der Waals surface area contributed by atoms with Gasteiger partial charge in [0.05, 0.1) is 17.7 Å². The van der Waals surface area contributed by atoms with Crippen molar-refractivity contribution >= 4 is 29.3 Å². The summed E-state index contributed by atoms with van der Waals surface area (Å²) in [4.78, 5) is 37.2. The van der Waals surface area contributed by atoms with Crippen LogP contribution in [0, 0.1) is 0 Å². The molecule has 0 atom stereocenters. The van der Waals surface area contributed by atoms with E-state index in [0.29, 0.717) is 16.9 Å². The summed E-state index contributed by atoms with van der Waals surface area (Å²) >= 11 is 5.64. The molecule has 0 saturated carbocycles. The second-order valence-corrected chi connectivity index (χ2v) is 5.41. The number of furan rings is 1. The number of hydrogen-bond donors (Lipinski definition) is 1.